The third kappa shape index (κ3) is 121. The molecule has 2 rings (SSSR count). The number of alkyl halides is 3. The molecule has 0 amide bonds. The van der Waals surface area contributed by atoms with Crippen molar-refractivity contribution >= 4 is 59.6 Å². The van der Waals surface area contributed by atoms with Crippen LogP contribution in [0.3, 0.4) is 0 Å². The Bertz CT molecular complexity index is 1030. The molecule has 9 N–H and O–H groups in total. The van der Waals surface area contributed by atoms with E-state index in [-0.39, 0.29) is 94.4 Å². The second kappa shape index (κ2) is 94.2. The Morgan fingerprint density at radius 2 is 0.392 bits per heavy atom. The average Bonchev–Trinajstić information content (AvgIpc) is 4.02. The standard InChI is InChI=1S/2C5H5.6C4H10O3P.CHF3O3S.2Co.4H2O.2Ru/c2*1-2-4-5-3-1;6*1-3-6-8(5)7-4-2;2-1(3,4)8(5,6)7;;;;;;;;/h2*1-5H;6*3-4H2,1-2H3;(H,5,6,7);;;4*1H2;;/q;;6*+1;;;;;;;;;. The monoisotopic (exact) mass is 1500 g/mol. The van der Waals surface area contributed by atoms with Gasteiger partial charge in [0.2, 0.25) is 0 Å². The second-order valence-electron chi connectivity index (χ2n) is 9.20. The Balaban J connectivity index is -0.0000000403. The van der Waals surface area contributed by atoms with Gasteiger partial charge in [0.25, 0.3) is 0 Å². The normalized spacial score (nSPS) is 10.8. The maximum Gasteiger partial charge on any atom is 0.697 e. The summed E-state index contributed by atoms with van der Waals surface area (Å²) in [7, 11) is -16.8. The number of hydrogen-bond donors (Lipinski definition) is 1. The summed E-state index contributed by atoms with van der Waals surface area (Å²) in [5.41, 5.74) is -5.53. The summed E-state index contributed by atoms with van der Waals surface area (Å²) in [6, 6.07) is 0. The van der Waals surface area contributed by atoms with E-state index < -0.39 is 65.2 Å². The molecule has 25 nitrogen and oxygen atoms in total. The van der Waals surface area contributed by atoms with E-state index >= 15 is 0 Å². The van der Waals surface area contributed by atoms with E-state index in [4.69, 9.17) is 13.0 Å². The van der Waals surface area contributed by atoms with Gasteiger partial charge in [0.1, 0.15) is 79.3 Å². The van der Waals surface area contributed by atoms with Crippen molar-refractivity contribution in [2.75, 3.05) is 79.3 Å². The fourth-order valence-electron chi connectivity index (χ4n) is 2.13. The molecule has 39 heteroatoms. The van der Waals surface area contributed by atoms with Gasteiger partial charge in [0, 0.05) is 99.9 Å². The Kier molecular flexibility index (Phi) is 146. The molecular weight excluding hydrogens is 1420 g/mol. The van der Waals surface area contributed by atoms with Crippen molar-refractivity contribution in [3.63, 3.8) is 0 Å². The first-order valence-electron chi connectivity index (χ1n) is 19.9. The quantitative estimate of drug-likeness (QED) is 0.0406. The van der Waals surface area contributed by atoms with E-state index in [1.807, 2.05) is 64.2 Å². The Morgan fingerprint density at radius 3 is 0.432 bits per heavy atom. The van der Waals surface area contributed by atoms with Gasteiger partial charge < -0.3 is 21.9 Å². The summed E-state index contributed by atoms with van der Waals surface area (Å²) in [5, 5.41) is 0. The van der Waals surface area contributed by atoms with Crippen LogP contribution in [0.2, 0.25) is 0 Å². The van der Waals surface area contributed by atoms with E-state index in [2.05, 4.69) is 54.3 Å². The minimum Gasteiger partial charge on any atom is -0.412 e. The molecule has 0 unspecified atom stereocenters. The molecule has 74 heavy (non-hydrogen) atoms. The van der Waals surface area contributed by atoms with Crippen molar-refractivity contribution in [3.8, 4) is 0 Å². The molecule has 2 fully saturated rings. The van der Waals surface area contributed by atoms with E-state index in [9.17, 15) is 40.6 Å². The molecule has 0 heterocycles. The summed E-state index contributed by atoms with van der Waals surface area (Å²) >= 11 is 0. The van der Waals surface area contributed by atoms with E-state index in [0.29, 0.717) is 79.3 Å². The van der Waals surface area contributed by atoms with Gasteiger partial charge in [-0.1, -0.05) is 0 Å². The van der Waals surface area contributed by atoms with Crippen molar-refractivity contribution in [1.29, 1.82) is 0 Å². The molecule has 2 saturated carbocycles. The largest absolute Gasteiger partial charge is 0.697 e. The number of hydrogen-bond acceptors (Lipinski definition) is 20. The van der Waals surface area contributed by atoms with Crippen LogP contribution in [0.4, 0.5) is 13.2 Å². The molecule has 0 atom stereocenters. The van der Waals surface area contributed by atoms with Crippen LogP contribution in [0.15, 0.2) is 0 Å². The van der Waals surface area contributed by atoms with Crippen LogP contribution in [0, 0.1) is 64.2 Å². The molecule has 0 saturated heterocycles. The molecule has 12 radical (unpaired) electrons. The minimum absolute atomic E-state index is 0. The average molecular weight is 1490 g/mol. The molecule has 0 bridgehead atoms. The van der Waals surface area contributed by atoms with Crippen LogP contribution in [0.1, 0.15) is 83.1 Å². The van der Waals surface area contributed by atoms with Gasteiger partial charge in [-0.15, -0.1) is 54.3 Å². The molecule has 0 aromatic rings. The SMILES string of the molecule is CCO[P+](=O)OCC.CCO[P+](=O)OCC.CCO[P+](=O)OCC.CCO[P+](=O)OCC.CCO[P+](=O)OCC.CCO[P+](=O)OCC.O.O.O.O.O=S(=O)(O)C(F)(F)F.[CH]1[CH][CH][CH][CH]1.[CH]1[CH][CH][CH][CH]1.[Co].[Co].[Ru].[Ru]. The zero-order valence-electron chi connectivity index (χ0n) is 43.0. The Labute approximate surface area is 490 Å². The van der Waals surface area contributed by atoms with Crippen LogP contribution in [-0.4, -0.2) is 120 Å². The molecule has 454 valence electrons. The van der Waals surface area contributed by atoms with Crippen molar-refractivity contribution in [2.45, 2.75) is 88.6 Å². The summed E-state index contributed by atoms with van der Waals surface area (Å²) in [5.74, 6) is 0. The summed E-state index contributed by atoms with van der Waals surface area (Å²) in [6.07, 6.45) is 20.0. The first kappa shape index (κ1) is 115. The summed E-state index contributed by atoms with van der Waals surface area (Å²) in [6.45, 7) is 26.5. The molecule has 0 aromatic carbocycles. The fourth-order valence-corrected chi connectivity index (χ4v) is 5.11. The van der Waals surface area contributed by atoms with Crippen molar-refractivity contribution in [2.24, 2.45) is 0 Å². The zero-order chi connectivity index (χ0) is 52.5. The van der Waals surface area contributed by atoms with Crippen LogP contribution in [0.5, 0.6) is 0 Å². The van der Waals surface area contributed by atoms with Gasteiger partial charge in [-0.05, 0) is 147 Å². The zero-order valence-corrected chi connectivity index (χ0v) is 54.7. The third-order valence-corrected chi connectivity index (χ3v) is 10.4. The van der Waals surface area contributed by atoms with Crippen LogP contribution in [-0.2, 0) is 164 Å². The Morgan fingerprint density at radius 1 is 0.324 bits per heavy atom. The number of halogens is 3. The summed E-state index contributed by atoms with van der Waals surface area (Å²) < 4.78 is 174. The molecule has 0 aliphatic heterocycles. The molecule has 0 aromatic heterocycles. The number of rotatable bonds is 24. The van der Waals surface area contributed by atoms with Gasteiger partial charge in [-0.2, -0.15) is 21.6 Å². The van der Waals surface area contributed by atoms with Crippen molar-refractivity contribution in [3.05, 3.63) is 64.2 Å². The van der Waals surface area contributed by atoms with Gasteiger partial charge in [-0.3, -0.25) is 4.55 Å². The first-order valence-corrected chi connectivity index (χ1v) is 27.9. The van der Waals surface area contributed by atoms with Crippen LogP contribution < -0.4 is 0 Å². The topological polar surface area (TPSA) is 394 Å². The smallest absolute Gasteiger partial charge is 0.412 e. The maximum absolute atomic E-state index is 10.7. The summed E-state index contributed by atoms with van der Waals surface area (Å²) in [4.78, 5) is 0. The molecule has 0 spiro atoms. The van der Waals surface area contributed by atoms with Crippen LogP contribution in [0.25, 0.3) is 0 Å². The Hall–Kier alpha value is 1.92. The van der Waals surface area contributed by atoms with Gasteiger partial charge in [-0.25, -0.2) is 0 Å². The van der Waals surface area contributed by atoms with E-state index in [1.54, 1.807) is 83.1 Å². The predicted octanol–water partition coefficient (Wildman–Crippen LogP) is 9.43. The predicted molar refractivity (Wildman–Crippen MR) is 260 cm³/mol. The second-order valence-corrected chi connectivity index (χ2v) is 16.4. The molecule has 2 aliphatic carbocycles. The van der Waals surface area contributed by atoms with Crippen molar-refractivity contribution < 1.29 is 202 Å². The maximum atomic E-state index is 10.7. The minimum atomic E-state index is -5.84. The molecular formula is C35H79Co2F3O25P6Ru2S+6. The van der Waals surface area contributed by atoms with Crippen molar-refractivity contribution in [1.82, 2.24) is 0 Å². The van der Waals surface area contributed by atoms with Gasteiger partial charge in [0.15, 0.2) is 0 Å². The van der Waals surface area contributed by atoms with Crippen LogP contribution >= 0.6 is 49.5 Å². The van der Waals surface area contributed by atoms with Gasteiger partial charge in [0.05, 0.1) is 0 Å². The van der Waals surface area contributed by atoms with Gasteiger partial charge >= 0.3 is 65.2 Å². The fraction of sp³-hybridized carbons (Fsp3) is 0.714. The van der Waals surface area contributed by atoms with E-state index in [0.717, 1.165) is 0 Å². The van der Waals surface area contributed by atoms with E-state index in [1.165, 1.54) is 0 Å². The first-order chi connectivity index (χ1) is 31.1. The third-order valence-electron chi connectivity index (χ3n) is 4.22. The molecule has 2 aliphatic rings.